The second-order valence-electron chi connectivity index (χ2n) is 11.5. The number of hydrogen-bond donors (Lipinski definition) is 1. The van der Waals surface area contributed by atoms with Crippen LogP contribution in [0.4, 0.5) is 5.69 Å². The van der Waals surface area contributed by atoms with Crippen molar-refractivity contribution < 1.29 is 18.0 Å². The standard InChI is InChI=1S/C37H43N3O4S/c1-6-29(4)38-37(42)35(24-31-18-9-7-10-19-31)39(25-32-20-14-13-16-28(32)3)36(41)26-40(34-23-15-17-27(2)30(34)5)45(43,44)33-21-11-8-12-22-33/h7-23,29,35H,6,24-26H2,1-5H3,(H,38,42)/t29-,35+/m0/s1. The summed E-state index contributed by atoms with van der Waals surface area (Å²) in [7, 11) is -4.15. The summed E-state index contributed by atoms with van der Waals surface area (Å²) in [6, 6.07) is 29.9. The minimum absolute atomic E-state index is 0.0829. The van der Waals surface area contributed by atoms with Gasteiger partial charge in [0.15, 0.2) is 0 Å². The summed E-state index contributed by atoms with van der Waals surface area (Å²) in [5, 5.41) is 3.08. The van der Waals surface area contributed by atoms with Crippen LogP contribution in [0.25, 0.3) is 0 Å². The number of sulfonamides is 1. The van der Waals surface area contributed by atoms with Crippen molar-refractivity contribution in [2.75, 3.05) is 10.8 Å². The zero-order valence-corrected chi connectivity index (χ0v) is 27.6. The third kappa shape index (κ3) is 8.19. The summed E-state index contributed by atoms with van der Waals surface area (Å²) in [5.41, 5.74) is 4.83. The first-order chi connectivity index (χ1) is 21.5. The van der Waals surface area contributed by atoms with Gasteiger partial charge in [-0.05, 0) is 80.1 Å². The number of anilines is 1. The summed E-state index contributed by atoms with van der Waals surface area (Å²) in [4.78, 5) is 30.3. The molecule has 4 aromatic rings. The van der Waals surface area contributed by atoms with Crippen LogP contribution >= 0.6 is 0 Å². The lowest BCUT2D eigenvalue weighted by molar-refractivity contribution is -0.140. The van der Waals surface area contributed by atoms with Gasteiger partial charge in [-0.3, -0.25) is 13.9 Å². The van der Waals surface area contributed by atoms with E-state index >= 15 is 0 Å². The van der Waals surface area contributed by atoms with Gasteiger partial charge < -0.3 is 10.2 Å². The van der Waals surface area contributed by atoms with Crippen LogP contribution in [0.1, 0.15) is 48.1 Å². The van der Waals surface area contributed by atoms with E-state index in [9.17, 15) is 18.0 Å². The summed E-state index contributed by atoms with van der Waals surface area (Å²) < 4.78 is 29.6. The number of rotatable bonds is 13. The Kier molecular flexibility index (Phi) is 11.2. The topological polar surface area (TPSA) is 86.8 Å². The lowest BCUT2D eigenvalue weighted by Crippen LogP contribution is -2.54. The Balaban J connectivity index is 1.84. The van der Waals surface area contributed by atoms with Crippen molar-refractivity contribution >= 4 is 27.5 Å². The second-order valence-corrected chi connectivity index (χ2v) is 13.4. The number of carbonyl (C=O) groups is 2. The van der Waals surface area contributed by atoms with Gasteiger partial charge in [0.25, 0.3) is 10.0 Å². The van der Waals surface area contributed by atoms with Crippen LogP contribution < -0.4 is 9.62 Å². The van der Waals surface area contributed by atoms with Gasteiger partial charge in [-0.2, -0.15) is 0 Å². The lowest BCUT2D eigenvalue weighted by atomic mass is 10.0. The predicted molar refractivity (Wildman–Crippen MR) is 180 cm³/mol. The molecule has 0 bridgehead atoms. The molecule has 1 N–H and O–H groups in total. The minimum Gasteiger partial charge on any atom is -0.352 e. The van der Waals surface area contributed by atoms with Crippen molar-refractivity contribution in [1.82, 2.24) is 10.2 Å². The van der Waals surface area contributed by atoms with Crippen molar-refractivity contribution in [2.24, 2.45) is 0 Å². The Bertz CT molecular complexity index is 1710. The molecule has 0 radical (unpaired) electrons. The van der Waals surface area contributed by atoms with Crippen molar-refractivity contribution in [3.63, 3.8) is 0 Å². The first-order valence-electron chi connectivity index (χ1n) is 15.3. The number of nitrogens with zero attached hydrogens (tertiary/aromatic N) is 2. The summed E-state index contributed by atoms with van der Waals surface area (Å²) in [6.45, 7) is 9.31. The van der Waals surface area contributed by atoms with Crippen LogP contribution in [0.2, 0.25) is 0 Å². The molecule has 2 amide bonds. The quantitative estimate of drug-likeness (QED) is 0.187. The highest BCUT2D eigenvalue weighted by Crippen LogP contribution is 2.29. The van der Waals surface area contributed by atoms with Gasteiger partial charge in [-0.15, -0.1) is 0 Å². The third-order valence-corrected chi connectivity index (χ3v) is 10.1. The van der Waals surface area contributed by atoms with Gasteiger partial charge in [-0.1, -0.05) is 91.9 Å². The number of aryl methyl sites for hydroxylation is 2. The van der Waals surface area contributed by atoms with Gasteiger partial charge in [-0.25, -0.2) is 8.42 Å². The second kappa shape index (κ2) is 15.0. The van der Waals surface area contributed by atoms with E-state index in [4.69, 9.17) is 0 Å². The Hall–Kier alpha value is -4.43. The first kappa shape index (κ1) is 33.5. The maximum absolute atomic E-state index is 14.6. The monoisotopic (exact) mass is 625 g/mol. The number of hydrogen-bond acceptors (Lipinski definition) is 4. The van der Waals surface area contributed by atoms with Gasteiger partial charge in [0, 0.05) is 19.0 Å². The van der Waals surface area contributed by atoms with Crippen LogP contribution in [0, 0.1) is 20.8 Å². The molecule has 45 heavy (non-hydrogen) atoms. The zero-order valence-electron chi connectivity index (χ0n) is 26.7. The van der Waals surface area contributed by atoms with E-state index in [-0.39, 0.29) is 29.8 Å². The Morgan fingerprint density at radius 2 is 1.38 bits per heavy atom. The fraction of sp³-hybridized carbons (Fsp3) is 0.297. The van der Waals surface area contributed by atoms with Crippen LogP contribution in [-0.2, 0) is 32.6 Å². The summed E-state index contributed by atoms with van der Waals surface area (Å²) in [6.07, 6.45) is 1.00. The molecule has 4 aromatic carbocycles. The van der Waals surface area contributed by atoms with Gasteiger partial charge in [0.2, 0.25) is 11.8 Å². The molecule has 0 aliphatic heterocycles. The van der Waals surface area contributed by atoms with E-state index in [0.717, 1.165) is 34.2 Å². The van der Waals surface area contributed by atoms with Crippen LogP contribution in [0.15, 0.2) is 108 Å². The van der Waals surface area contributed by atoms with Gasteiger partial charge in [0.1, 0.15) is 12.6 Å². The Morgan fingerprint density at radius 3 is 2.02 bits per heavy atom. The third-order valence-electron chi connectivity index (χ3n) is 8.33. The molecule has 0 saturated carbocycles. The largest absolute Gasteiger partial charge is 0.352 e. The molecular formula is C37H43N3O4S. The van der Waals surface area contributed by atoms with E-state index in [1.54, 1.807) is 35.2 Å². The fourth-order valence-corrected chi connectivity index (χ4v) is 6.70. The number of carbonyl (C=O) groups excluding carboxylic acids is 2. The highest BCUT2D eigenvalue weighted by atomic mass is 32.2. The molecule has 8 heteroatoms. The molecule has 0 fully saturated rings. The fourth-order valence-electron chi connectivity index (χ4n) is 5.20. The van der Waals surface area contributed by atoms with Crippen molar-refractivity contribution in [3.8, 4) is 0 Å². The highest BCUT2D eigenvalue weighted by Gasteiger charge is 2.35. The van der Waals surface area contributed by atoms with E-state index in [1.165, 1.54) is 16.4 Å². The normalized spacial score (nSPS) is 12.6. The molecule has 4 rings (SSSR count). The SMILES string of the molecule is CC[C@H](C)NC(=O)[C@@H](Cc1ccccc1)N(Cc1ccccc1C)C(=O)CN(c1cccc(C)c1C)S(=O)(=O)c1ccccc1. The summed E-state index contributed by atoms with van der Waals surface area (Å²) >= 11 is 0. The molecule has 0 spiro atoms. The Morgan fingerprint density at radius 1 is 0.778 bits per heavy atom. The molecule has 0 aromatic heterocycles. The molecule has 0 heterocycles. The minimum atomic E-state index is -4.15. The maximum Gasteiger partial charge on any atom is 0.264 e. The molecule has 0 aliphatic rings. The van der Waals surface area contributed by atoms with E-state index in [0.29, 0.717) is 5.69 Å². The van der Waals surface area contributed by atoms with E-state index in [2.05, 4.69) is 5.32 Å². The smallest absolute Gasteiger partial charge is 0.264 e. The first-order valence-corrected chi connectivity index (χ1v) is 16.8. The van der Waals surface area contributed by atoms with Crippen LogP contribution in [0.5, 0.6) is 0 Å². The van der Waals surface area contributed by atoms with Crippen molar-refractivity contribution in [2.45, 2.75) is 71.0 Å². The predicted octanol–water partition coefficient (Wildman–Crippen LogP) is 6.36. The number of nitrogens with one attached hydrogen (secondary N) is 1. The lowest BCUT2D eigenvalue weighted by Gasteiger charge is -2.35. The highest BCUT2D eigenvalue weighted by molar-refractivity contribution is 7.92. The van der Waals surface area contributed by atoms with Crippen molar-refractivity contribution in [1.29, 1.82) is 0 Å². The van der Waals surface area contributed by atoms with Crippen molar-refractivity contribution in [3.05, 3.63) is 131 Å². The maximum atomic E-state index is 14.6. The van der Waals surface area contributed by atoms with Gasteiger partial charge >= 0.3 is 0 Å². The molecule has 7 nitrogen and oxygen atoms in total. The Labute approximate surface area is 268 Å². The van der Waals surface area contributed by atoms with E-state index in [1.807, 2.05) is 95.3 Å². The number of amides is 2. The average Bonchev–Trinajstić information content (AvgIpc) is 3.04. The summed E-state index contributed by atoms with van der Waals surface area (Å²) in [5.74, 6) is -0.752. The van der Waals surface area contributed by atoms with Crippen LogP contribution in [0.3, 0.4) is 0 Å². The van der Waals surface area contributed by atoms with Gasteiger partial charge in [0.05, 0.1) is 10.6 Å². The molecular weight excluding hydrogens is 582 g/mol. The molecule has 2 atom stereocenters. The zero-order chi connectivity index (χ0) is 32.6. The molecule has 0 aliphatic carbocycles. The molecule has 0 saturated heterocycles. The molecule has 236 valence electrons. The number of benzene rings is 4. The average molecular weight is 626 g/mol. The van der Waals surface area contributed by atoms with Crippen LogP contribution in [-0.4, -0.2) is 43.8 Å². The molecule has 0 unspecified atom stereocenters. The van der Waals surface area contributed by atoms with E-state index < -0.39 is 28.5 Å².